The molecule has 1 aromatic rings. The first-order valence-electron chi connectivity index (χ1n) is 10.2. The van der Waals surface area contributed by atoms with E-state index in [1.54, 1.807) is 6.07 Å². The molecule has 2 saturated heterocycles. The second kappa shape index (κ2) is 8.48. The molecular formula is C21H33FN2O2S. The van der Waals surface area contributed by atoms with Crippen LogP contribution in [-0.2, 0) is 9.84 Å². The van der Waals surface area contributed by atoms with E-state index in [1.165, 1.54) is 32.0 Å². The number of sulfone groups is 1. The number of benzene rings is 1. The van der Waals surface area contributed by atoms with E-state index in [9.17, 15) is 12.8 Å². The molecule has 0 aromatic heterocycles. The van der Waals surface area contributed by atoms with E-state index in [0.717, 1.165) is 56.6 Å². The fraction of sp³-hybridized carbons (Fsp3) is 0.714. The van der Waals surface area contributed by atoms with Crippen molar-refractivity contribution in [3.63, 3.8) is 0 Å². The van der Waals surface area contributed by atoms with Crippen molar-refractivity contribution in [3.8, 4) is 0 Å². The van der Waals surface area contributed by atoms with Crippen molar-refractivity contribution < 1.29 is 12.8 Å². The molecule has 0 unspecified atom stereocenters. The normalized spacial score (nSPS) is 21.1. The van der Waals surface area contributed by atoms with E-state index in [0.29, 0.717) is 11.6 Å². The van der Waals surface area contributed by atoms with Gasteiger partial charge in [0.1, 0.15) is 5.82 Å². The first-order chi connectivity index (χ1) is 12.7. The van der Waals surface area contributed by atoms with Crippen LogP contribution in [0.4, 0.5) is 10.1 Å². The van der Waals surface area contributed by atoms with Gasteiger partial charge in [-0.3, -0.25) is 0 Å². The molecule has 0 atom stereocenters. The Morgan fingerprint density at radius 1 is 1.04 bits per heavy atom. The molecule has 0 spiro atoms. The standard InChI is InChI=1S/C21H33FN2O2S/c1-16(2)18-6-8-23(9-7-18)15-17-4-10-24(11-5-17)20-12-19(22)13-21(14-20)27(3,25)26/h12-14,16-18H,4-11,15H2,1-3H3. The van der Waals surface area contributed by atoms with Gasteiger partial charge >= 0.3 is 0 Å². The van der Waals surface area contributed by atoms with Crippen molar-refractivity contribution >= 4 is 15.5 Å². The maximum Gasteiger partial charge on any atom is 0.175 e. The third-order valence-electron chi connectivity index (χ3n) is 6.36. The van der Waals surface area contributed by atoms with Crippen LogP contribution in [0.5, 0.6) is 0 Å². The van der Waals surface area contributed by atoms with Crippen LogP contribution in [0, 0.1) is 23.6 Å². The van der Waals surface area contributed by atoms with E-state index >= 15 is 0 Å². The van der Waals surface area contributed by atoms with Crippen LogP contribution in [0.1, 0.15) is 39.5 Å². The Balaban J connectivity index is 1.53. The van der Waals surface area contributed by atoms with E-state index in [2.05, 4.69) is 23.6 Å². The van der Waals surface area contributed by atoms with Gasteiger partial charge in [0, 0.05) is 31.6 Å². The number of rotatable bonds is 5. The number of likely N-dealkylation sites (tertiary alicyclic amines) is 1. The zero-order valence-corrected chi connectivity index (χ0v) is 17.6. The van der Waals surface area contributed by atoms with Gasteiger partial charge in [-0.25, -0.2) is 12.8 Å². The predicted molar refractivity (Wildman–Crippen MR) is 108 cm³/mol. The van der Waals surface area contributed by atoms with Crippen LogP contribution in [0.15, 0.2) is 23.1 Å². The Morgan fingerprint density at radius 3 is 2.22 bits per heavy atom. The lowest BCUT2D eigenvalue weighted by Gasteiger charge is -2.39. The summed E-state index contributed by atoms with van der Waals surface area (Å²) in [6, 6.07) is 4.16. The Labute approximate surface area is 163 Å². The van der Waals surface area contributed by atoms with E-state index in [1.807, 2.05) is 0 Å². The third kappa shape index (κ3) is 5.44. The molecule has 2 aliphatic heterocycles. The number of piperidine rings is 2. The summed E-state index contributed by atoms with van der Waals surface area (Å²) < 4.78 is 37.4. The highest BCUT2D eigenvalue weighted by atomic mass is 32.2. The summed E-state index contributed by atoms with van der Waals surface area (Å²) in [5.41, 5.74) is 0.687. The average Bonchev–Trinajstić information content (AvgIpc) is 2.61. The predicted octanol–water partition coefficient (Wildman–Crippen LogP) is 3.81. The number of hydrogen-bond acceptors (Lipinski definition) is 4. The third-order valence-corrected chi connectivity index (χ3v) is 7.45. The minimum absolute atomic E-state index is 0.0626. The van der Waals surface area contributed by atoms with Gasteiger partial charge in [0.25, 0.3) is 0 Å². The topological polar surface area (TPSA) is 40.6 Å². The minimum Gasteiger partial charge on any atom is -0.371 e. The van der Waals surface area contributed by atoms with Gasteiger partial charge in [0.2, 0.25) is 0 Å². The van der Waals surface area contributed by atoms with Gasteiger partial charge in [0.15, 0.2) is 9.84 Å². The molecule has 4 nitrogen and oxygen atoms in total. The molecule has 2 fully saturated rings. The molecule has 1 aromatic carbocycles. The Morgan fingerprint density at radius 2 is 1.67 bits per heavy atom. The molecule has 152 valence electrons. The molecule has 27 heavy (non-hydrogen) atoms. The van der Waals surface area contributed by atoms with Crippen LogP contribution in [0.25, 0.3) is 0 Å². The lowest BCUT2D eigenvalue weighted by Crippen LogP contribution is -2.42. The smallest absolute Gasteiger partial charge is 0.175 e. The second-order valence-corrected chi connectivity index (χ2v) is 10.7. The van der Waals surface area contributed by atoms with Crippen molar-refractivity contribution in [1.82, 2.24) is 4.90 Å². The lowest BCUT2D eigenvalue weighted by molar-refractivity contribution is 0.132. The first-order valence-corrected chi connectivity index (χ1v) is 12.1. The largest absolute Gasteiger partial charge is 0.371 e. The van der Waals surface area contributed by atoms with E-state index in [4.69, 9.17) is 0 Å². The first kappa shape index (κ1) is 20.6. The lowest BCUT2D eigenvalue weighted by atomic mass is 9.86. The highest BCUT2D eigenvalue weighted by molar-refractivity contribution is 7.90. The van der Waals surface area contributed by atoms with Crippen molar-refractivity contribution in [2.75, 3.05) is 43.9 Å². The van der Waals surface area contributed by atoms with Gasteiger partial charge in [-0.05, 0) is 74.7 Å². The highest BCUT2D eigenvalue weighted by Gasteiger charge is 2.26. The molecule has 2 aliphatic rings. The Hall–Kier alpha value is -1.14. The second-order valence-electron chi connectivity index (χ2n) is 8.73. The van der Waals surface area contributed by atoms with Crippen LogP contribution >= 0.6 is 0 Å². The zero-order valence-electron chi connectivity index (χ0n) is 16.8. The molecule has 6 heteroatoms. The van der Waals surface area contributed by atoms with Crippen molar-refractivity contribution in [2.45, 2.75) is 44.4 Å². The maximum absolute atomic E-state index is 13.9. The van der Waals surface area contributed by atoms with Crippen LogP contribution in [0.3, 0.4) is 0 Å². The number of anilines is 1. The molecular weight excluding hydrogens is 363 g/mol. The highest BCUT2D eigenvalue weighted by Crippen LogP contribution is 2.29. The summed E-state index contributed by atoms with van der Waals surface area (Å²) in [5.74, 6) is 1.86. The summed E-state index contributed by atoms with van der Waals surface area (Å²) in [7, 11) is -3.40. The van der Waals surface area contributed by atoms with Crippen LogP contribution in [-0.4, -0.2) is 52.3 Å². The van der Waals surface area contributed by atoms with Crippen molar-refractivity contribution in [3.05, 3.63) is 24.0 Å². The molecule has 0 saturated carbocycles. The summed E-state index contributed by atoms with van der Waals surface area (Å²) in [4.78, 5) is 4.80. The quantitative estimate of drug-likeness (QED) is 0.759. The molecule has 0 radical (unpaired) electrons. The van der Waals surface area contributed by atoms with Gasteiger partial charge in [-0.1, -0.05) is 13.8 Å². The monoisotopic (exact) mass is 396 g/mol. The fourth-order valence-corrected chi connectivity index (χ4v) is 5.15. The number of nitrogens with zero attached hydrogens (tertiary/aromatic N) is 2. The van der Waals surface area contributed by atoms with Gasteiger partial charge in [0.05, 0.1) is 4.90 Å². The van der Waals surface area contributed by atoms with Gasteiger partial charge in [-0.15, -0.1) is 0 Å². The molecule has 0 aliphatic carbocycles. The molecule has 0 bridgehead atoms. The molecule has 2 heterocycles. The van der Waals surface area contributed by atoms with Crippen LogP contribution < -0.4 is 4.90 Å². The summed E-state index contributed by atoms with van der Waals surface area (Å²) in [5, 5.41) is 0. The SMILES string of the molecule is CC(C)C1CCN(CC2CCN(c3cc(F)cc(S(C)(=O)=O)c3)CC2)CC1. The fourth-order valence-electron chi connectivity index (χ4n) is 4.49. The zero-order chi connectivity index (χ0) is 19.6. The summed E-state index contributed by atoms with van der Waals surface area (Å²) in [6.45, 7) is 9.97. The van der Waals surface area contributed by atoms with E-state index < -0.39 is 15.7 Å². The molecule has 0 amide bonds. The van der Waals surface area contributed by atoms with Crippen LogP contribution in [0.2, 0.25) is 0 Å². The van der Waals surface area contributed by atoms with Crippen molar-refractivity contribution in [1.29, 1.82) is 0 Å². The number of halogens is 1. The minimum atomic E-state index is -3.40. The Kier molecular flexibility index (Phi) is 6.46. The van der Waals surface area contributed by atoms with Gasteiger partial charge < -0.3 is 9.80 Å². The average molecular weight is 397 g/mol. The summed E-state index contributed by atoms with van der Waals surface area (Å²) >= 11 is 0. The Bertz CT molecular complexity index is 735. The molecule has 0 N–H and O–H groups in total. The van der Waals surface area contributed by atoms with Crippen molar-refractivity contribution in [2.24, 2.45) is 17.8 Å². The number of hydrogen-bond donors (Lipinski definition) is 0. The van der Waals surface area contributed by atoms with Gasteiger partial charge in [-0.2, -0.15) is 0 Å². The maximum atomic E-state index is 13.9. The summed E-state index contributed by atoms with van der Waals surface area (Å²) in [6.07, 6.45) is 5.91. The van der Waals surface area contributed by atoms with E-state index in [-0.39, 0.29) is 4.90 Å². The molecule has 3 rings (SSSR count).